The second kappa shape index (κ2) is 5.01. The fourth-order valence-corrected chi connectivity index (χ4v) is 2.56. The zero-order valence-corrected chi connectivity index (χ0v) is 9.51. The van der Waals surface area contributed by atoms with Gasteiger partial charge in [0.15, 0.2) is 5.60 Å². The van der Waals surface area contributed by atoms with Gasteiger partial charge in [-0.25, -0.2) is 0 Å². The lowest BCUT2D eigenvalue weighted by Gasteiger charge is -2.33. The van der Waals surface area contributed by atoms with Crippen molar-refractivity contribution in [1.82, 2.24) is 0 Å². The lowest BCUT2D eigenvalue weighted by Crippen LogP contribution is -2.41. The summed E-state index contributed by atoms with van der Waals surface area (Å²) in [4.78, 5) is 0. The molecule has 1 saturated heterocycles. The van der Waals surface area contributed by atoms with Crippen LogP contribution in [0.15, 0.2) is 0 Å². The largest absolute Gasteiger partial charge is 0.391 e. The maximum absolute atomic E-state index is 9.32. The van der Waals surface area contributed by atoms with Crippen molar-refractivity contribution < 1.29 is 9.84 Å². The Hall–Kier alpha value is -0.240. The van der Waals surface area contributed by atoms with Crippen molar-refractivity contribution in [2.45, 2.75) is 44.5 Å². The van der Waals surface area contributed by atoms with Gasteiger partial charge >= 0.3 is 0 Å². The fourth-order valence-electron chi connectivity index (χ4n) is 1.41. The minimum absolute atomic E-state index is 0.266. The van der Waals surface area contributed by atoms with Crippen LogP contribution in [0.1, 0.15) is 26.7 Å². The first kappa shape index (κ1) is 11.8. The highest BCUT2D eigenvalue weighted by atomic mass is 32.2. The Morgan fingerprint density at radius 1 is 1.43 bits per heavy atom. The molecule has 0 bridgehead atoms. The second-order valence-corrected chi connectivity index (χ2v) is 5.01. The Morgan fingerprint density at radius 3 is 2.43 bits per heavy atom. The first-order chi connectivity index (χ1) is 6.59. The summed E-state index contributed by atoms with van der Waals surface area (Å²) in [6.45, 7) is 3.50. The van der Waals surface area contributed by atoms with Gasteiger partial charge in [-0.15, -0.1) is 0 Å². The van der Waals surface area contributed by atoms with Crippen molar-refractivity contribution in [3.63, 3.8) is 0 Å². The summed E-state index contributed by atoms with van der Waals surface area (Å²) in [5, 5.41) is 18.4. The van der Waals surface area contributed by atoms with Crippen LogP contribution in [0.25, 0.3) is 0 Å². The van der Waals surface area contributed by atoms with Crippen molar-refractivity contribution in [2.24, 2.45) is 0 Å². The number of thioether (sulfide) groups is 1. The average Bonchev–Trinajstić information content (AvgIpc) is 2.19. The van der Waals surface area contributed by atoms with Gasteiger partial charge in [-0.3, -0.25) is 0 Å². The fraction of sp³-hybridized carbons (Fsp3) is 0.900. The van der Waals surface area contributed by atoms with Gasteiger partial charge in [-0.1, -0.05) is 0 Å². The molecule has 4 heteroatoms. The molecule has 0 radical (unpaired) electrons. The quantitative estimate of drug-likeness (QED) is 0.776. The molecular formula is C10H17NO2S. The molecule has 3 nitrogen and oxygen atoms in total. The van der Waals surface area contributed by atoms with Crippen molar-refractivity contribution in [3.05, 3.63) is 0 Å². The van der Waals surface area contributed by atoms with E-state index in [1.54, 1.807) is 6.92 Å². The summed E-state index contributed by atoms with van der Waals surface area (Å²) in [6.07, 6.45) is 0.753. The maximum atomic E-state index is 9.32. The number of hydrogen-bond donors (Lipinski definition) is 1. The number of aliphatic hydroxyl groups is 1. The minimum Gasteiger partial charge on any atom is -0.391 e. The third-order valence-corrected chi connectivity index (χ3v) is 3.58. The van der Waals surface area contributed by atoms with Gasteiger partial charge in [0.05, 0.1) is 18.3 Å². The Balaban J connectivity index is 2.57. The van der Waals surface area contributed by atoms with Crippen LogP contribution in [-0.4, -0.2) is 34.4 Å². The van der Waals surface area contributed by atoms with Crippen LogP contribution in [0, 0.1) is 11.3 Å². The van der Waals surface area contributed by atoms with E-state index in [4.69, 9.17) is 10.00 Å². The Morgan fingerprint density at radius 2 is 2.00 bits per heavy atom. The molecule has 1 N–H and O–H groups in total. The number of nitriles is 1. The maximum Gasteiger partial charge on any atom is 0.156 e. The van der Waals surface area contributed by atoms with Crippen molar-refractivity contribution in [3.8, 4) is 6.07 Å². The molecule has 0 saturated carbocycles. The van der Waals surface area contributed by atoms with E-state index < -0.39 is 11.7 Å². The van der Waals surface area contributed by atoms with Crippen LogP contribution in [0.2, 0.25) is 0 Å². The molecule has 2 atom stereocenters. The summed E-state index contributed by atoms with van der Waals surface area (Å²) >= 11 is 1.85. The summed E-state index contributed by atoms with van der Waals surface area (Å²) in [5.41, 5.74) is -0.651. The van der Waals surface area contributed by atoms with Crippen molar-refractivity contribution in [1.29, 1.82) is 5.26 Å². The molecule has 0 aromatic heterocycles. The summed E-state index contributed by atoms with van der Waals surface area (Å²) < 4.78 is 5.67. The molecule has 0 amide bonds. The number of aliphatic hydroxyl groups excluding tert-OH is 1. The first-order valence-electron chi connectivity index (χ1n) is 4.94. The molecule has 0 aromatic rings. The van der Waals surface area contributed by atoms with E-state index in [0.29, 0.717) is 0 Å². The molecule has 1 aliphatic rings. The SMILES string of the molecule is CC(O)C(C)OC1(C#N)CCSCC1. The van der Waals surface area contributed by atoms with Crippen LogP contribution in [0.4, 0.5) is 0 Å². The average molecular weight is 215 g/mol. The highest BCUT2D eigenvalue weighted by molar-refractivity contribution is 7.99. The summed E-state index contributed by atoms with van der Waals surface area (Å²) in [7, 11) is 0. The molecule has 0 aliphatic carbocycles. The number of ether oxygens (including phenoxy) is 1. The van der Waals surface area contributed by atoms with Crippen molar-refractivity contribution in [2.75, 3.05) is 11.5 Å². The Kier molecular flexibility index (Phi) is 4.24. The smallest absolute Gasteiger partial charge is 0.156 e. The number of nitrogens with zero attached hydrogens (tertiary/aromatic N) is 1. The van der Waals surface area contributed by atoms with Crippen LogP contribution in [0.5, 0.6) is 0 Å². The minimum atomic E-state index is -0.651. The second-order valence-electron chi connectivity index (χ2n) is 3.78. The molecule has 0 aromatic carbocycles. The van der Waals surface area contributed by atoms with E-state index >= 15 is 0 Å². The predicted octanol–water partition coefficient (Wildman–Crippen LogP) is 1.56. The molecule has 1 rings (SSSR count). The third kappa shape index (κ3) is 2.88. The van der Waals surface area contributed by atoms with Crippen LogP contribution >= 0.6 is 11.8 Å². The van der Waals surface area contributed by atoms with E-state index in [9.17, 15) is 5.11 Å². The van der Waals surface area contributed by atoms with Crippen LogP contribution < -0.4 is 0 Å². The number of hydrogen-bond acceptors (Lipinski definition) is 4. The molecule has 0 spiro atoms. The lowest BCUT2D eigenvalue weighted by atomic mass is 9.98. The molecule has 2 unspecified atom stereocenters. The first-order valence-corrected chi connectivity index (χ1v) is 6.10. The predicted molar refractivity (Wildman–Crippen MR) is 57.1 cm³/mol. The molecule has 80 valence electrons. The lowest BCUT2D eigenvalue weighted by molar-refractivity contribution is -0.0984. The summed E-state index contributed by atoms with van der Waals surface area (Å²) in [5.74, 6) is 1.94. The molecule has 1 fully saturated rings. The molecule has 1 aliphatic heterocycles. The van der Waals surface area contributed by atoms with E-state index in [2.05, 4.69) is 6.07 Å². The van der Waals surface area contributed by atoms with Gasteiger partial charge in [0.1, 0.15) is 0 Å². The van der Waals surface area contributed by atoms with Gasteiger partial charge in [0, 0.05) is 0 Å². The van der Waals surface area contributed by atoms with Gasteiger partial charge in [-0.2, -0.15) is 17.0 Å². The van der Waals surface area contributed by atoms with E-state index in [1.807, 2.05) is 18.7 Å². The van der Waals surface area contributed by atoms with Crippen LogP contribution in [-0.2, 0) is 4.74 Å². The third-order valence-electron chi connectivity index (χ3n) is 2.60. The summed E-state index contributed by atoms with van der Waals surface area (Å²) in [6, 6.07) is 2.26. The Bertz CT molecular complexity index is 219. The molecular weight excluding hydrogens is 198 g/mol. The van der Waals surface area contributed by atoms with Crippen LogP contribution in [0.3, 0.4) is 0 Å². The highest BCUT2D eigenvalue weighted by Gasteiger charge is 2.35. The zero-order chi connectivity index (χ0) is 10.6. The molecule has 14 heavy (non-hydrogen) atoms. The van der Waals surface area contributed by atoms with Gasteiger partial charge in [0.25, 0.3) is 0 Å². The van der Waals surface area contributed by atoms with Gasteiger partial charge < -0.3 is 9.84 Å². The van der Waals surface area contributed by atoms with E-state index in [1.165, 1.54) is 0 Å². The highest BCUT2D eigenvalue weighted by Crippen LogP contribution is 2.31. The standard InChI is InChI=1S/C10H17NO2S/c1-8(12)9(2)13-10(7-11)3-5-14-6-4-10/h8-9,12H,3-6H2,1-2H3. The van der Waals surface area contributed by atoms with Gasteiger partial charge in [0.2, 0.25) is 0 Å². The van der Waals surface area contributed by atoms with E-state index in [-0.39, 0.29) is 6.10 Å². The molecule has 1 heterocycles. The normalized spacial score (nSPS) is 25.0. The topological polar surface area (TPSA) is 53.2 Å². The monoisotopic (exact) mass is 215 g/mol. The number of rotatable bonds is 3. The van der Waals surface area contributed by atoms with Gasteiger partial charge in [-0.05, 0) is 38.2 Å². The Labute approximate surface area is 89.4 Å². The van der Waals surface area contributed by atoms with E-state index in [0.717, 1.165) is 24.3 Å². The van der Waals surface area contributed by atoms with Crippen molar-refractivity contribution >= 4 is 11.8 Å². The zero-order valence-electron chi connectivity index (χ0n) is 8.69.